The standard InChI is InChI=1S/C8H12O3/c1-6(9)4-5-7(2)11-8(3)10/h4-5,7H,1-3H3/b5-4+. The van der Waals surface area contributed by atoms with Gasteiger partial charge in [0.25, 0.3) is 0 Å². The Morgan fingerprint density at radius 3 is 2.27 bits per heavy atom. The van der Waals surface area contributed by atoms with E-state index in [9.17, 15) is 9.59 Å². The number of ketones is 1. The van der Waals surface area contributed by atoms with E-state index in [-0.39, 0.29) is 17.9 Å². The van der Waals surface area contributed by atoms with Crippen molar-refractivity contribution in [1.29, 1.82) is 0 Å². The van der Waals surface area contributed by atoms with E-state index in [4.69, 9.17) is 4.74 Å². The van der Waals surface area contributed by atoms with Crippen LogP contribution in [0.3, 0.4) is 0 Å². The van der Waals surface area contributed by atoms with Gasteiger partial charge < -0.3 is 4.74 Å². The van der Waals surface area contributed by atoms with E-state index in [0.29, 0.717) is 0 Å². The zero-order chi connectivity index (χ0) is 8.85. The lowest BCUT2D eigenvalue weighted by molar-refractivity contribution is -0.143. The predicted molar refractivity (Wildman–Crippen MR) is 41.0 cm³/mol. The average molecular weight is 156 g/mol. The smallest absolute Gasteiger partial charge is 0.303 e. The molecule has 0 spiro atoms. The van der Waals surface area contributed by atoms with E-state index < -0.39 is 0 Å². The van der Waals surface area contributed by atoms with Gasteiger partial charge >= 0.3 is 5.97 Å². The fourth-order valence-electron chi connectivity index (χ4n) is 0.572. The number of rotatable bonds is 3. The molecule has 0 aromatic heterocycles. The highest BCUT2D eigenvalue weighted by Gasteiger charge is 1.99. The molecule has 1 unspecified atom stereocenters. The number of ether oxygens (including phenoxy) is 1. The molecule has 0 saturated heterocycles. The van der Waals surface area contributed by atoms with Crippen molar-refractivity contribution < 1.29 is 14.3 Å². The van der Waals surface area contributed by atoms with E-state index in [0.717, 1.165) is 0 Å². The van der Waals surface area contributed by atoms with E-state index in [1.54, 1.807) is 13.0 Å². The molecular weight excluding hydrogens is 144 g/mol. The van der Waals surface area contributed by atoms with Crippen LogP contribution in [-0.4, -0.2) is 17.9 Å². The highest BCUT2D eigenvalue weighted by Crippen LogP contribution is 1.93. The number of allylic oxidation sites excluding steroid dienone is 1. The molecule has 0 aliphatic rings. The molecule has 0 aromatic rings. The molecule has 1 atom stereocenters. The van der Waals surface area contributed by atoms with Crippen LogP contribution in [0.5, 0.6) is 0 Å². The van der Waals surface area contributed by atoms with Crippen molar-refractivity contribution in [3.05, 3.63) is 12.2 Å². The maximum absolute atomic E-state index is 10.4. The van der Waals surface area contributed by atoms with Crippen LogP contribution in [0, 0.1) is 0 Å². The molecule has 0 aliphatic carbocycles. The fraction of sp³-hybridized carbons (Fsp3) is 0.500. The SMILES string of the molecule is CC(=O)/C=C/C(C)OC(C)=O. The molecule has 0 fully saturated rings. The van der Waals surface area contributed by atoms with Crippen LogP contribution < -0.4 is 0 Å². The molecule has 0 aliphatic heterocycles. The van der Waals surface area contributed by atoms with Gasteiger partial charge in [0.1, 0.15) is 6.10 Å². The van der Waals surface area contributed by atoms with Gasteiger partial charge in [-0.15, -0.1) is 0 Å². The third-order valence-electron chi connectivity index (χ3n) is 0.954. The van der Waals surface area contributed by atoms with Crippen molar-refractivity contribution in [2.24, 2.45) is 0 Å². The Morgan fingerprint density at radius 1 is 1.36 bits per heavy atom. The minimum absolute atomic E-state index is 0.0518. The number of carbonyl (C=O) groups excluding carboxylic acids is 2. The Bertz CT molecular complexity index is 182. The monoisotopic (exact) mass is 156 g/mol. The zero-order valence-electron chi connectivity index (χ0n) is 6.96. The lowest BCUT2D eigenvalue weighted by Crippen LogP contribution is -2.09. The van der Waals surface area contributed by atoms with Crippen molar-refractivity contribution in [3.8, 4) is 0 Å². The third-order valence-corrected chi connectivity index (χ3v) is 0.954. The van der Waals surface area contributed by atoms with Crippen molar-refractivity contribution in [2.45, 2.75) is 26.9 Å². The Labute approximate surface area is 66.0 Å². The van der Waals surface area contributed by atoms with Crippen LogP contribution in [-0.2, 0) is 14.3 Å². The Balaban J connectivity index is 3.77. The molecule has 3 nitrogen and oxygen atoms in total. The predicted octanol–water partition coefficient (Wildman–Crippen LogP) is 1.08. The Morgan fingerprint density at radius 2 is 1.91 bits per heavy atom. The minimum Gasteiger partial charge on any atom is -0.459 e. The van der Waals surface area contributed by atoms with E-state index >= 15 is 0 Å². The van der Waals surface area contributed by atoms with Crippen LogP contribution in [0.4, 0.5) is 0 Å². The van der Waals surface area contributed by atoms with Gasteiger partial charge in [0.05, 0.1) is 0 Å². The molecule has 0 saturated carbocycles. The largest absolute Gasteiger partial charge is 0.459 e. The minimum atomic E-state index is -0.342. The molecule has 0 aromatic carbocycles. The summed E-state index contributed by atoms with van der Waals surface area (Å²) in [5.74, 6) is -0.394. The molecule has 0 amide bonds. The van der Waals surface area contributed by atoms with Crippen LogP contribution in [0.1, 0.15) is 20.8 Å². The molecule has 0 rings (SSSR count). The first kappa shape index (κ1) is 9.88. The summed E-state index contributed by atoms with van der Waals surface area (Å²) < 4.78 is 4.72. The van der Waals surface area contributed by atoms with Crippen LogP contribution in [0.15, 0.2) is 12.2 Å². The lowest BCUT2D eigenvalue weighted by Gasteiger charge is -2.04. The number of esters is 1. The molecule has 11 heavy (non-hydrogen) atoms. The molecule has 0 bridgehead atoms. The van der Waals surface area contributed by atoms with Crippen molar-refractivity contribution in [3.63, 3.8) is 0 Å². The first-order chi connectivity index (χ1) is 5.02. The summed E-state index contributed by atoms with van der Waals surface area (Å²) in [5.41, 5.74) is 0. The molecule has 0 N–H and O–H groups in total. The van der Waals surface area contributed by atoms with Crippen LogP contribution >= 0.6 is 0 Å². The van der Waals surface area contributed by atoms with Gasteiger partial charge in [-0.2, -0.15) is 0 Å². The second-order valence-corrected chi connectivity index (χ2v) is 2.28. The van der Waals surface area contributed by atoms with Gasteiger partial charge in [-0.1, -0.05) is 0 Å². The molecule has 3 heteroatoms. The summed E-state index contributed by atoms with van der Waals surface area (Å²) in [6.07, 6.45) is 2.61. The first-order valence-corrected chi connectivity index (χ1v) is 3.38. The molecule has 0 radical (unpaired) electrons. The van der Waals surface area contributed by atoms with Gasteiger partial charge in [-0.25, -0.2) is 0 Å². The summed E-state index contributed by atoms with van der Waals surface area (Å²) in [6.45, 7) is 4.47. The summed E-state index contributed by atoms with van der Waals surface area (Å²) in [5, 5.41) is 0. The van der Waals surface area contributed by atoms with E-state index in [1.807, 2.05) is 0 Å². The Kier molecular flexibility index (Phi) is 4.18. The average Bonchev–Trinajstić information content (AvgIpc) is 1.82. The van der Waals surface area contributed by atoms with Gasteiger partial charge in [0, 0.05) is 6.92 Å². The number of carbonyl (C=O) groups is 2. The van der Waals surface area contributed by atoms with E-state index in [2.05, 4.69) is 0 Å². The van der Waals surface area contributed by atoms with Crippen molar-refractivity contribution >= 4 is 11.8 Å². The number of hydrogen-bond donors (Lipinski definition) is 0. The second kappa shape index (κ2) is 4.66. The normalized spacial score (nSPS) is 13.0. The van der Waals surface area contributed by atoms with Gasteiger partial charge in [0.2, 0.25) is 0 Å². The summed E-state index contributed by atoms with van der Waals surface area (Å²) in [7, 11) is 0. The summed E-state index contributed by atoms with van der Waals surface area (Å²) >= 11 is 0. The highest BCUT2D eigenvalue weighted by molar-refractivity contribution is 5.87. The van der Waals surface area contributed by atoms with Gasteiger partial charge in [0.15, 0.2) is 5.78 Å². The lowest BCUT2D eigenvalue weighted by atomic mass is 10.3. The van der Waals surface area contributed by atoms with Gasteiger partial charge in [-0.3, -0.25) is 9.59 Å². The maximum Gasteiger partial charge on any atom is 0.303 e. The summed E-state index contributed by atoms with van der Waals surface area (Å²) in [4.78, 5) is 20.8. The van der Waals surface area contributed by atoms with Crippen molar-refractivity contribution in [1.82, 2.24) is 0 Å². The second-order valence-electron chi connectivity index (χ2n) is 2.28. The molecule has 0 heterocycles. The molecular formula is C8H12O3. The Hall–Kier alpha value is -1.12. The van der Waals surface area contributed by atoms with Crippen LogP contribution in [0.2, 0.25) is 0 Å². The van der Waals surface area contributed by atoms with Crippen LogP contribution in [0.25, 0.3) is 0 Å². The number of hydrogen-bond acceptors (Lipinski definition) is 3. The fourth-order valence-corrected chi connectivity index (χ4v) is 0.572. The summed E-state index contributed by atoms with van der Waals surface area (Å²) in [6, 6.07) is 0. The molecule has 62 valence electrons. The highest BCUT2D eigenvalue weighted by atomic mass is 16.5. The topological polar surface area (TPSA) is 43.4 Å². The zero-order valence-corrected chi connectivity index (χ0v) is 6.96. The van der Waals surface area contributed by atoms with Gasteiger partial charge in [-0.05, 0) is 26.0 Å². The quantitative estimate of drug-likeness (QED) is 0.453. The third kappa shape index (κ3) is 6.77. The van der Waals surface area contributed by atoms with Crippen molar-refractivity contribution in [2.75, 3.05) is 0 Å². The maximum atomic E-state index is 10.4. The first-order valence-electron chi connectivity index (χ1n) is 3.38. The van der Waals surface area contributed by atoms with E-state index in [1.165, 1.54) is 19.9 Å².